The summed E-state index contributed by atoms with van der Waals surface area (Å²) in [6.45, 7) is 5.98. The first-order chi connectivity index (χ1) is 13.0. The molecule has 0 spiro atoms. The molecule has 4 rings (SSSR count). The van der Waals surface area contributed by atoms with Gasteiger partial charge in [-0.1, -0.05) is 0 Å². The second-order valence-electron chi connectivity index (χ2n) is 7.86. The monoisotopic (exact) mass is 369 g/mol. The predicted molar refractivity (Wildman–Crippen MR) is 101 cm³/mol. The van der Waals surface area contributed by atoms with Gasteiger partial charge >= 0.3 is 0 Å². The van der Waals surface area contributed by atoms with E-state index in [4.69, 9.17) is 0 Å². The van der Waals surface area contributed by atoms with Crippen molar-refractivity contribution in [2.45, 2.75) is 52.0 Å². The largest absolute Gasteiger partial charge is 0.340 e. The molecule has 4 heterocycles. The second kappa shape index (κ2) is 7.29. The lowest BCUT2D eigenvalue weighted by molar-refractivity contribution is -0.134. The van der Waals surface area contributed by atoms with Gasteiger partial charge in [-0.25, -0.2) is 9.50 Å². The summed E-state index contributed by atoms with van der Waals surface area (Å²) in [4.78, 5) is 33.3. The zero-order valence-corrected chi connectivity index (χ0v) is 16.1. The highest BCUT2D eigenvalue weighted by Crippen LogP contribution is 2.31. The molecule has 7 nitrogen and oxygen atoms in total. The highest BCUT2D eigenvalue weighted by atomic mass is 16.2. The van der Waals surface area contributed by atoms with Gasteiger partial charge in [-0.15, -0.1) is 0 Å². The van der Waals surface area contributed by atoms with Gasteiger partial charge in [0.25, 0.3) is 5.91 Å². The second-order valence-corrected chi connectivity index (χ2v) is 7.86. The van der Waals surface area contributed by atoms with Gasteiger partial charge in [0.1, 0.15) is 5.56 Å². The van der Waals surface area contributed by atoms with Crippen LogP contribution in [-0.4, -0.2) is 61.9 Å². The molecule has 0 N–H and O–H groups in total. The van der Waals surface area contributed by atoms with Crippen LogP contribution in [0.1, 0.15) is 54.9 Å². The van der Waals surface area contributed by atoms with E-state index >= 15 is 0 Å². The summed E-state index contributed by atoms with van der Waals surface area (Å²) in [6, 6.07) is 0.343. The summed E-state index contributed by atoms with van der Waals surface area (Å²) in [5.74, 6) is 0.681. The molecule has 1 unspecified atom stereocenters. The fraction of sp³-hybridized carbons (Fsp3) is 0.600. The molecule has 0 aliphatic carbocycles. The maximum atomic E-state index is 13.0. The molecule has 1 atom stereocenters. The Labute approximate surface area is 159 Å². The molecule has 0 bridgehead atoms. The molecule has 27 heavy (non-hydrogen) atoms. The molecular weight excluding hydrogens is 342 g/mol. The zero-order valence-electron chi connectivity index (χ0n) is 16.1. The third kappa shape index (κ3) is 3.42. The highest BCUT2D eigenvalue weighted by molar-refractivity contribution is 5.99. The van der Waals surface area contributed by atoms with Gasteiger partial charge in [-0.2, -0.15) is 5.10 Å². The van der Waals surface area contributed by atoms with Crippen LogP contribution in [0.15, 0.2) is 18.6 Å². The van der Waals surface area contributed by atoms with Crippen LogP contribution in [0.5, 0.6) is 0 Å². The fourth-order valence-electron chi connectivity index (χ4n) is 4.62. The van der Waals surface area contributed by atoms with E-state index in [1.54, 1.807) is 23.8 Å². The van der Waals surface area contributed by atoms with Crippen molar-refractivity contribution in [1.29, 1.82) is 0 Å². The normalized spacial score (nSPS) is 21.6. The van der Waals surface area contributed by atoms with Gasteiger partial charge in [0.15, 0.2) is 5.65 Å². The Hall–Kier alpha value is -2.44. The maximum Gasteiger partial charge on any atom is 0.259 e. The van der Waals surface area contributed by atoms with Crippen molar-refractivity contribution < 1.29 is 9.59 Å². The first-order valence-corrected chi connectivity index (χ1v) is 9.91. The lowest BCUT2D eigenvalue weighted by atomic mass is 9.83. The van der Waals surface area contributed by atoms with Crippen molar-refractivity contribution >= 4 is 17.5 Å². The van der Waals surface area contributed by atoms with E-state index in [2.05, 4.69) is 15.0 Å². The standard InChI is InChI=1S/C20H27N5O2/c1-14-11-21-19-17(12-22-25(19)13-14)20(27)23-9-6-16(7-10-23)18-5-3-4-8-24(18)15(2)26/h11-13,16,18H,3-10H2,1-2H3. The van der Waals surface area contributed by atoms with Crippen LogP contribution in [0.2, 0.25) is 0 Å². The summed E-state index contributed by atoms with van der Waals surface area (Å²) in [5, 5.41) is 4.28. The number of fused-ring (bicyclic) bond motifs is 1. The Morgan fingerprint density at radius 1 is 1.07 bits per heavy atom. The van der Waals surface area contributed by atoms with Crippen LogP contribution < -0.4 is 0 Å². The first kappa shape index (κ1) is 17.9. The molecular formula is C20H27N5O2. The number of piperidine rings is 2. The first-order valence-electron chi connectivity index (χ1n) is 9.91. The van der Waals surface area contributed by atoms with Gasteiger partial charge in [0.05, 0.1) is 6.20 Å². The van der Waals surface area contributed by atoms with Gasteiger partial charge in [-0.3, -0.25) is 9.59 Å². The minimum Gasteiger partial charge on any atom is -0.340 e. The van der Waals surface area contributed by atoms with Gasteiger partial charge in [0.2, 0.25) is 5.91 Å². The van der Waals surface area contributed by atoms with Crippen molar-refractivity contribution in [3.8, 4) is 0 Å². The van der Waals surface area contributed by atoms with E-state index < -0.39 is 0 Å². The number of nitrogens with zero attached hydrogens (tertiary/aromatic N) is 5. The summed E-state index contributed by atoms with van der Waals surface area (Å²) in [6.07, 6.45) is 10.6. The number of amides is 2. The molecule has 2 aromatic heterocycles. The maximum absolute atomic E-state index is 13.0. The summed E-state index contributed by atoms with van der Waals surface area (Å²) >= 11 is 0. The van der Waals surface area contributed by atoms with Crippen molar-refractivity contribution in [2.24, 2.45) is 5.92 Å². The van der Waals surface area contributed by atoms with Crippen LogP contribution in [0.3, 0.4) is 0 Å². The molecule has 144 valence electrons. The zero-order chi connectivity index (χ0) is 19.0. The molecule has 2 saturated heterocycles. The number of aryl methyl sites for hydroxylation is 1. The minimum absolute atomic E-state index is 0.00636. The van der Waals surface area contributed by atoms with Gasteiger partial charge in [-0.05, 0) is 50.5 Å². The number of carbonyl (C=O) groups excluding carboxylic acids is 2. The average Bonchev–Trinajstić information content (AvgIpc) is 3.10. The van der Waals surface area contributed by atoms with Crippen molar-refractivity contribution in [1.82, 2.24) is 24.4 Å². The molecule has 2 aromatic rings. The molecule has 0 aromatic carbocycles. The molecule has 0 saturated carbocycles. The summed E-state index contributed by atoms with van der Waals surface area (Å²) in [7, 11) is 0. The van der Waals surface area contributed by atoms with E-state index in [0.29, 0.717) is 23.2 Å². The third-order valence-corrected chi connectivity index (χ3v) is 6.04. The van der Waals surface area contributed by atoms with E-state index in [9.17, 15) is 9.59 Å². The molecule has 2 fully saturated rings. The van der Waals surface area contributed by atoms with Crippen molar-refractivity contribution in [2.75, 3.05) is 19.6 Å². The number of rotatable bonds is 2. The van der Waals surface area contributed by atoms with Crippen LogP contribution in [-0.2, 0) is 4.79 Å². The van der Waals surface area contributed by atoms with E-state index in [1.807, 2.05) is 18.0 Å². The molecule has 7 heteroatoms. The molecule has 2 aliphatic rings. The molecule has 2 amide bonds. The Kier molecular flexibility index (Phi) is 4.85. The Morgan fingerprint density at radius 2 is 1.85 bits per heavy atom. The quantitative estimate of drug-likeness (QED) is 0.814. The highest BCUT2D eigenvalue weighted by Gasteiger charge is 2.35. The molecule has 2 aliphatic heterocycles. The van der Waals surface area contributed by atoms with E-state index in [0.717, 1.165) is 50.9 Å². The van der Waals surface area contributed by atoms with E-state index in [-0.39, 0.29) is 11.8 Å². The summed E-state index contributed by atoms with van der Waals surface area (Å²) < 4.78 is 1.67. The fourth-order valence-corrected chi connectivity index (χ4v) is 4.62. The number of hydrogen-bond acceptors (Lipinski definition) is 4. The Morgan fingerprint density at radius 3 is 2.59 bits per heavy atom. The smallest absolute Gasteiger partial charge is 0.259 e. The lowest BCUT2D eigenvalue weighted by Crippen LogP contribution is -2.50. The number of carbonyl (C=O) groups is 2. The number of hydrogen-bond donors (Lipinski definition) is 0. The summed E-state index contributed by atoms with van der Waals surface area (Å²) in [5.41, 5.74) is 2.19. The molecule has 0 radical (unpaired) electrons. The van der Waals surface area contributed by atoms with Crippen LogP contribution in [0, 0.1) is 12.8 Å². The van der Waals surface area contributed by atoms with Gasteiger partial charge < -0.3 is 9.80 Å². The van der Waals surface area contributed by atoms with Gasteiger partial charge in [0, 0.05) is 45.0 Å². The van der Waals surface area contributed by atoms with E-state index in [1.165, 1.54) is 6.42 Å². The van der Waals surface area contributed by atoms with Crippen LogP contribution in [0.25, 0.3) is 5.65 Å². The minimum atomic E-state index is 0.00636. The SMILES string of the molecule is CC(=O)N1CCCCC1C1CCN(C(=O)c2cnn3cc(C)cnc23)CC1. The number of aromatic nitrogens is 3. The predicted octanol–water partition coefficient (Wildman–Crippen LogP) is 2.29. The van der Waals surface area contributed by atoms with Crippen LogP contribution in [0.4, 0.5) is 0 Å². The average molecular weight is 369 g/mol. The van der Waals surface area contributed by atoms with Crippen molar-refractivity contribution in [3.63, 3.8) is 0 Å². The Balaban J connectivity index is 1.44. The Bertz CT molecular complexity index is 853. The number of likely N-dealkylation sites (tertiary alicyclic amines) is 2. The van der Waals surface area contributed by atoms with Crippen LogP contribution >= 0.6 is 0 Å². The topological polar surface area (TPSA) is 70.8 Å². The lowest BCUT2D eigenvalue weighted by Gasteiger charge is -2.43. The third-order valence-electron chi connectivity index (χ3n) is 6.04. The van der Waals surface area contributed by atoms with Crippen molar-refractivity contribution in [3.05, 3.63) is 29.7 Å².